The van der Waals surface area contributed by atoms with Crippen molar-refractivity contribution in [2.75, 3.05) is 6.54 Å². The minimum absolute atomic E-state index is 0.127. The molecular formula is C14H19BrClNO. The zero-order valence-electron chi connectivity index (χ0n) is 11.2. The molecule has 100 valence electrons. The third kappa shape index (κ3) is 4.29. The summed E-state index contributed by atoms with van der Waals surface area (Å²) >= 11 is 9.35. The molecule has 18 heavy (non-hydrogen) atoms. The number of carbonyl (C=O) groups is 1. The Labute approximate surface area is 122 Å². The van der Waals surface area contributed by atoms with Crippen molar-refractivity contribution in [2.24, 2.45) is 11.3 Å². The van der Waals surface area contributed by atoms with Crippen LogP contribution in [0.2, 0.25) is 5.02 Å². The minimum Gasteiger partial charge on any atom is -0.352 e. The molecule has 0 aromatic heterocycles. The second kappa shape index (κ2) is 6.07. The first-order chi connectivity index (χ1) is 8.21. The zero-order valence-corrected chi connectivity index (χ0v) is 13.5. The lowest BCUT2D eigenvalue weighted by Crippen LogP contribution is -2.33. The predicted molar refractivity (Wildman–Crippen MR) is 80.1 cm³/mol. The average Bonchev–Trinajstić information content (AvgIpc) is 2.27. The second-order valence-electron chi connectivity index (χ2n) is 5.60. The summed E-state index contributed by atoms with van der Waals surface area (Å²) in [5.41, 5.74) is 0.682. The molecule has 0 saturated carbocycles. The van der Waals surface area contributed by atoms with E-state index in [1.807, 2.05) is 6.07 Å². The highest BCUT2D eigenvalue weighted by Gasteiger charge is 2.21. The van der Waals surface area contributed by atoms with Gasteiger partial charge in [0.15, 0.2) is 0 Å². The van der Waals surface area contributed by atoms with Gasteiger partial charge in [-0.2, -0.15) is 0 Å². The molecule has 1 rings (SSSR count). The molecule has 0 aliphatic heterocycles. The number of benzene rings is 1. The minimum atomic E-state index is -0.127. The van der Waals surface area contributed by atoms with Gasteiger partial charge in [-0.05, 0) is 29.5 Å². The fourth-order valence-corrected chi connectivity index (χ4v) is 1.88. The summed E-state index contributed by atoms with van der Waals surface area (Å²) < 4.78 is 0.848. The van der Waals surface area contributed by atoms with Gasteiger partial charge in [0.25, 0.3) is 5.91 Å². The second-order valence-corrected chi connectivity index (χ2v) is 6.92. The highest BCUT2D eigenvalue weighted by atomic mass is 79.9. The van der Waals surface area contributed by atoms with E-state index in [1.165, 1.54) is 0 Å². The van der Waals surface area contributed by atoms with Crippen LogP contribution in [0.15, 0.2) is 22.7 Å². The Hall–Kier alpha value is -0.540. The molecule has 0 bridgehead atoms. The van der Waals surface area contributed by atoms with Gasteiger partial charge in [0.1, 0.15) is 0 Å². The van der Waals surface area contributed by atoms with Crippen molar-refractivity contribution in [3.05, 3.63) is 33.3 Å². The molecule has 0 aliphatic rings. The van der Waals surface area contributed by atoms with Crippen LogP contribution in [0.1, 0.15) is 38.1 Å². The number of hydrogen-bond donors (Lipinski definition) is 1. The van der Waals surface area contributed by atoms with E-state index in [4.69, 9.17) is 11.6 Å². The number of nitrogens with one attached hydrogen (secondary N) is 1. The molecule has 1 unspecified atom stereocenters. The summed E-state index contributed by atoms with van der Waals surface area (Å²) in [5, 5.41) is 3.40. The number of halogens is 2. The van der Waals surface area contributed by atoms with Crippen molar-refractivity contribution in [3.63, 3.8) is 0 Å². The van der Waals surface area contributed by atoms with E-state index in [2.05, 4.69) is 48.9 Å². The first-order valence-electron chi connectivity index (χ1n) is 5.95. The summed E-state index contributed by atoms with van der Waals surface area (Å²) in [4.78, 5) is 12.0. The fourth-order valence-electron chi connectivity index (χ4n) is 1.32. The van der Waals surface area contributed by atoms with Crippen LogP contribution in [0, 0.1) is 11.3 Å². The van der Waals surface area contributed by atoms with E-state index < -0.39 is 0 Å². The van der Waals surface area contributed by atoms with Crippen LogP contribution in [0.3, 0.4) is 0 Å². The Balaban J connectivity index is 2.69. The standard InChI is InChI=1S/C14H19BrClNO/c1-9(14(2,3)4)8-17-13(18)11-7-10(15)5-6-12(11)16/h5-7,9H,8H2,1-4H3,(H,17,18). The van der Waals surface area contributed by atoms with E-state index >= 15 is 0 Å². The highest BCUT2D eigenvalue weighted by Crippen LogP contribution is 2.25. The van der Waals surface area contributed by atoms with Crippen LogP contribution in [0.5, 0.6) is 0 Å². The van der Waals surface area contributed by atoms with Crippen molar-refractivity contribution < 1.29 is 4.79 Å². The van der Waals surface area contributed by atoms with Crippen molar-refractivity contribution >= 4 is 33.4 Å². The van der Waals surface area contributed by atoms with Gasteiger partial charge in [0.2, 0.25) is 0 Å². The van der Waals surface area contributed by atoms with Gasteiger partial charge in [-0.1, -0.05) is 55.2 Å². The third-order valence-electron chi connectivity index (χ3n) is 3.22. The van der Waals surface area contributed by atoms with E-state index in [9.17, 15) is 4.79 Å². The Kier molecular flexibility index (Phi) is 5.23. The number of carbonyl (C=O) groups excluding carboxylic acids is 1. The zero-order chi connectivity index (χ0) is 13.9. The lowest BCUT2D eigenvalue weighted by Gasteiger charge is -2.27. The molecule has 0 heterocycles. The van der Waals surface area contributed by atoms with E-state index in [0.717, 1.165) is 4.47 Å². The van der Waals surface area contributed by atoms with Gasteiger partial charge in [-0.25, -0.2) is 0 Å². The smallest absolute Gasteiger partial charge is 0.252 e. The molecule has 2 nitrogen and oxygen atoms in total. The summed E-state index contributed by atoms with van der Waals surface area (Å²) in [7, 11) is 0. The molecule has 1 amide bonds. The first-order valence-corrected chi connectivity index (χ1v) is 7.12. The molecule has 4 heteroatoms. The van der Waals surface area contributed by atoms with Gasteiger partial charge in [-0.15, -0.1) is 0 Å². The van der Waals surface area contributed by atoms with Crippen molar-refractivity contribution in [3.8, 4) is 0 Å². The quantitative estimate of drug-likeness (QED) is 0.866. The monoisotopic (exact) mass is 331 g/mol. The Morgan fingerprint density at radius 2 is 2.06 bits per heavy atom. The molecular weight excluding hydrogens is 314 g/mol. The van der Waals surface area contributed by atoms with Gasteiger partial charge in [0, 0.05) is 11.0 Å². The Morgan fingerprint density at radius 1 is 1.44 bits per heavy atom. The van der Waals surface area contributed by atoms with Crippen LogP contribution >= 0.6 is 27.5 Å². The van der Waals surface area contributed by atoms with E-state index in [-0.39, 0.29) is 11.3 Å². The maximum absolute atomic E-state index is 12.0. The SMILES string of the molecule is CC(CNC(=O)c1cc(Br)ccc1Cl)C(C)(C)C. The lowest BCUT2D eigenvalue weighted by molar-refractivity contribution is 0.0937. The molecule has 0 spiro atoms. The van der Waals surface area contributed by atoms with Gasteiger partial charge in [-0.3, -0.25) is 4.79 Å². The Morgan fingerprint density at radius 3 is 2.61 bits per heavy atom. The molecule has 1 N–H and O–H groups in total. The van der Waals surface area contributed by atoms with Gasteiger partial charge in [0.05, 0.1) is 10.6 Å². The largest absolute Gasteiger partial charge is 0.352 e. The van der Waals surface area contributed by atoms with Crippen molar-refractivity contribution in [1.29, 1.82) is 0 Å². The van der Waals surface area contributed by atoms with Crippen LogP contribution in [0.25, 0.3) is 0 Å². The molecule has 1 atom stereocenters. The summed E-state index contributed by atoms with van der Waals surface area (Å²) in [6.07, 6.45) is 0. The van der Waals surface area contributed by atoms with E-state index in [0.29, 0.717) is 23.0 Å². The van der Waals surface area contributed by atoms with Crippen LogP contribution in [-0.4, -0.2) is 12.5 Å². The summed E-state index contributed by atoms with van der Waals surface area (Å²) in [5.74, 6) is 0.268. The average molecular weight is 333 g/mol. The molecule has 1 aromatic carbocycles. The van der Waals surface area contributed by atoms with Crippen LogP contribution < -0.4 is 5.32 Å². The molecule has 0 aliphatic carbocycles. The summed E-state index contributed by atoms with van der Waals surface area (Å²) in [6, 6.07) is 5.27. The Bertz CT molecular complexity index is 440. The van der Waals surface area contributed by atoms with Crippen LogP contribution in [-0.2, 0) is 0 Å². The molecule has 0 fully saturated rings. The topological polar surface area (TPSA) is 29.1 Å². The normalized spacial score (nSPS) is 13.2. The molecule has 0 saturated heterocycles. The maximum atomic E-state index is 12.0. The predicted octanol–water partition coefficient (Wildman–Crippen LogP) is 4.51. The van der Waals surface area contributed by atoms with Gasteiger partial charge >= 0.3 is 0 Å². The summed E-state index contributed by atoms with van der Waals surface area (Å²) in [6.45, 7) is 9.26. The first kappa shape index (κ1) is 15.5. The number of amides is 1. The fraction of sp³-hybridized carbons (Fsp3) is 0.500. The van der Waals surface area contributed by atoms with Crippen LogP contribution in [0.4, 0.5) is 0 Å². The number of rotatable bonds is 3. The van der Waals surface area contributed by atoms with E-state index in [1.54, 1.807) is 12.1 Å². The van der Waals surface area contributed by atoms with Gasteiger partial charge < -0.3 is 5.32 Å². The third-order valence-corrected chi connectivity index (χ3v) is 4.04. The number of hydrogen-bond acceptors (Lipinski definition) is 1. The molecule has 0 radical (unpaired) electrons. The highest BCUT2D eigenvalue weighted by molar-refractivity contribution is 9.10. The molecule has 1 aromatic rings. The van der Waals surface area contributed by atoms with Crippen molar-refractivity contribution in [1.82, 2.24) is 5.32 Å². The van der Waals surface area contributed by atoms with Crippen molar-refractivity contribution in [2.45, 2.75) is 27.7 Å². The maximum Gasteiger partial charge on any atom is 0.252 e. The lowest BCUT2D eigenvalue weighted by atomic mass is 9.82.